The molecular weight excluding hydrogens is 176 g/mol. The Morgan fingerprint density at radius 3 is 2.57 bits per heavy atom. The van der Waals surface area contributed by atoms with Crippen LogP contribution in [0.2, 0.25) is 0 Å². The van der Waals surface area contributed by atoms with E-state index in [1.807, 2.05) is 6.92 Å². The van der Waals surface area contributed by atoms with Crippen molar-refractivity contribution >= 4 is 0 Å². The first-order chi connectivity index (χ1) is 6.56. The predicted octanol–water partition coefficient (Wildman–Crippen LogP) is 2.09. The van der Waals surface area contributed by atoms with Gasteiger partial charge in [-0.1, -0.05) is 20.8 Å². The van der Waals surface area contributed by atoms with E-state index >= 15 is 0 Å². The smallest absolute Gasteiger partial charge is 0.269 e. The first-order valence-corrected chi connectivity index (χ1v) is 5.34. The molecule has 1 rings (SSSR count). The maximum Gasteiger partial charge on any atom is 0.269 e. The van der Waals surface area contributed by atoms with Crippen LogP contribution in [0.4, 0.5) is 0 Å². The molecule has 0 fully saturated rings. The molecule has 0 aliphatic carbocycles. The molecule has 0 saturated carbocycles. The second-order valence-corrected chi connectivity index (χ2v) is 4.27. The summed E-state index contributed by atoms with van der Waals surface area (Å²) in [7, 11) is 0. The number of nitrogens with zero attached hydrogens (tertiary/aromatic N) is 1. The van der Waals surface area contributed by atoms with Crippen LogP contribution in [0.3, 0.4) is 0 Å². The molecule has 80 valence electrons. The summed E-state index contributed by atoms with van der Waals surface area (Å²) in [6.07, 6.45) is 1.86. The van der Waals surface area contributed by atoms with Gasteiger partial charge < -0.3 is 0 Å². The summed E-state index contributed by atoms with van der Waals surface area (Å²) in [5.41, 5.74) is 2.14. The average Bonchev–Trinajstić information content (AvgIpc) is 2.33. The van der Waals surface area contributed by atoms with E-state index < -0.39 is 0 Å². The van der Waals surface area contributed by atoms with E-state index in [1.54, 1.807) is 4.68 Å². The molecule has 0 aromatic carbocycles. The number of hydrogen-bond acceptors (Lipinski definition) is 1. The van der Waals surface area contributed by atoms with Gasteiger partial charge in [-0.15, -0.1) is 0 Å². The third kappa shape index (κ3) is 2.28. The van der Waals surface area contributed by atoms with Crippen molar-refractivity contribution in [2.24, 2.45) is 5.92 Å². The fourth-order valence-corrected chi connectivity index (χ4v) is 1.67. The second kappa shape index (κ2) is 4.49. The Hall–Kier alpha value is -0.990. The second-order valence-electron chi connectivity index (χ2n) is 4.27. The Morgan fingerprint density at radius 2 is 2.07 bits per heavy atom. The normalized spacial score (nSPS) is 11.2. The van der Waals surface area contributed by atoms with E-state index in [0.29, 0.717) is 5.92 Å². The summed E-state index contributed by atoms with van der Waals surface area (Å²) in [5.74, 6) is 0.535. The van der Waals surface area contributed by atoms with Gasteiger partial charge in [-0.25, -0.2) is 0 Å². The van der Waals surface area contributed by atoms with Crippen molar-refractivity contribution in [1.82, 2.24) is 9.78 Å². The third-order valence-electron chi connectivity index (χ3n) is 2.32. The fraction of sp³-hybridized carbons (Fsp3) is 0.727. The Kier molecular flexibility index (Phi) is 3.55. The van der Waals surface area contributed by atoms with Gasteiger partial charge in [0.2, 0.25) is 0 Å². The summed E-state index contributed by atoms with van der Waals surface area (Å²) >= 11 is 0. The lowest BCUT2D eigenvalue weighted by Gasteiger charge is -2.00. The Bertz CT molecular complexity index is 347. The van der Waals surface area contributed by atoms with Gasteiger partial charge in [0.15, 0.2) is 0 Å². The summed E-state index contributed by atoms with van der Waals surface area (Å²) in [6.45, 7) is 9.11. The molecule has 0 amide bonds. The SMILES string of the molecule is CCCn1[nH]c(C)c(CC(C)C)c1=O. The van der Waals surface area contributed by atoms with E-state index in [2.05, 4.69) is 25.9 Å². The molecule has 0 aliphatic rings. The highest BCUT2D eigenvalue weighted by molar-refractivity contribution is 5.16. The number of aromatic nitrogens is 2. The Balaban J connectivity index is 2.99. The monoisotopic (exact) mass is 196 g/mol. The zero-order valence-electron chi connectivity index (χ0n) is 9.55. The van der Waals surface area contributed by atoms with E-state index in [0.717, 1.165) is 30.6 Å². The van der Waals surface area contributed by atoms with E-state index in [4.69, 9.17) is 0 Å². The largest absolute Gasteiger partial charge is 0.300 e. The van der Waals surface area contributed by atoms with Crippen LogP contribution in [0.15, 0.2) is 4.79 Å². The first-order valence-electron chi connectivity index (χ1n) is 5.34. The molecular formula is C11H20N2O. The summed E-state index contributed by atoms with van der Waals surface area (Å²) < 4.78 is 1.72. The summed E-state index contributed by atoms with van der Waals surface area (Å²) in [4.78, 5) is 11.8. The molecule has 1 heterocycles. The maximum atomic E-state index is 11.8. The lowest BCUT2D eigenvalue weighted by atomic mass is 10.0. The molecule has 0 bridgehead atoms. The third-order valence-corrected chi connectivity index (χ3v) is 2.32. The number of aromatic amines is 1. The summed E-state index contributed by atoms with van der Waals surface area (Å²) in [5, 5.41) is 3.12. The highest BCUT2D eigenvalue weighted by Crippen LogP contribution is 2.07. The van der Waals surface area contributed by atoms with Crippen LogP contribution in [-0.2, 0) is 13.0 Å². The summed E-state index contributed by atoms with van der Waals surface area (Å²) in [6, 6.07) is 0. The minimum absolute atomic E-state index is 0.165. The maximum absolute atomic E-state index is 11.8. The van der Waals surface area contributed by atoms with Crippen LogP contribution in [0.5, 0.6) is 0 Å². The van der Waals surface area contributed by atoms with Gasteiger partial charge in [-0.05, 0) is 25.7 Å². The minimum Gasteiger partial charge on any atom is -0.300 e. The lowest BCUT2D eigenvalue weighted by molar-refractivity contribution is 0.578. The van der Waals surface area contributed by atoms with Gasteiger partial charge >= 0.3 is 0 Å². The van der Waals surface area contributed by atoms with E-state index in [1.165, 1.54) is 0 Å². The van der Waals surface area contributed by atoms with Gasteiger partial charge in [-0.3, -0.25) is 14.6 Å². The van der Waals surface area contributed by atoms with Gasteiger partial charge in [0, 0.05) is 17.8 Å². The molecule has 1 N–H and O–H groups in total. The zero-order chi connectivity index (χ0) is 10.7. The molecule has 1 aromatic rings. The predicted molar refractivity (Wildman–Crippen MR) is 58.6 cm³/mol. The molecule has 0 spiro atoms. The lowest BCUT2D eigenvalue weighted by Crippen LogP contribution is -2.19. The number of H-pyrrole nitrogens is 1. The average molecular weight is 196 g/mol. The van der Waals surface area contributed by atoms with Crippen LogP contribution < -0.4 is 5.56 Å². The molecule has 3 heteroatoms. The van der Waals surface area contributed by atoms with Crippen molar-refractivity contribution in [3.63, 3.8) is 0 Å². The van der Waals surface area contributed by atoms with Crippen molar-refractivity contribution in [1.29, 1.82) is 0 Å². The quantitative estimate of drug-likeness (QED) is 0.786. The van der Waals surface area contributed by atoms with Crippen LogP contribution in [0.25, 0.3) is 0 Å². The molecule has 0 atom stereocenters. The fourth-order valence-electron chi connectivity index (χ4n) is 1.67. The number of nitrogens with one attached hydrogen (secondary N) is 1. The number of rotatable bonds is 4. The van der Waals surface area contributed by atoms with Crippen molar-refractivity contribution in [2.45, 2.75) is 47.1 Å². The van der Waals surface area contributed by atoms with Gasteiger partial charge in [0.1, 0.15) is 0 Å². The standard InChI is InChI=1S/C11H20N2O/c1-5-6-13-11(14)10(7-8(2)3)9(4)12-13/h8,12H,5-7H2,1-4H3. The molecule has 0 saturated heterocycles. The molecule has 3 nitrogen and oxygen atoms in total. The minimum atomic E-state index is 0.165. The topological polar surface area (TPSA) is 37.8 Å². The molecule has 0 radical (unpaired) electrons. The van der Waals surface area contributed by atoms with E-state index in [9.17, 15) is 4.79 Å². The van der Waals surface area contributed by atoms with Gasteiger partial charge in [-0.2, -0.15) is 0 Å². The first kappa shape index (κ1) is 11.1. The van der Waals surface area contributed by atoms with Crippen molar-refractivity contribution < 1.29 is 0 Å². The Labute approximate surface area is 85.1 Å². The molecule has 1 aromatic heterocycles. The highest BCUT2D eigenvalue weighted by Gasteiger charge is 2.11. The van der Waals surface area contributed by atoms with E-state index in [-0.39, 0.29) is 5.56 Å². The van der Waals surface area contributed by atoms with Crippen LogP contribution >= 0.6 is 0 Å². The highest BCUT2D eigenvalue weighted by atomic mass is 16.1. The number of aryl methyl sites for hydroxylation is 2. The number of hydrogen-bond donors (Lipinski definition) is 1. The molecule has 0 unspecified atom stereocenters. The van der Waals surface area contributed by atoms with Crippen LogP contribution in [0, 0.1) is 12.8 Å². The van der Waals surface area contributed by atoms with Gasteiger partial charge in [0.25, 0.3) is 5.56 Å². The van der Waals surface area contributed by atoms with Crippen LogP contribution in [-0.4, -0.2) is 9.78 Å². The van der Waals surface area contributed by atoms with Crippen molar-refractivity contribution in [3.05, 3.63) is 21.6 Å². The molecule has 14 heavy (non-hydrogen) atoms. The Morgan fingerprint density at radius 1 is 1.43 bits per heavy atom. The van der Waals surface area contributed by atoms with Crippen molar-refractivity contribution in [2.75, 3.05) is 0 Å². The zero-order valence-corrected chi connectivity index (χ0v) is 9.55. The van der Waals surface area contributed by atoms with Crippen molar-refractivity contribution in [3.8, 4) is 0 Å². The van der Waals surface area contributed by atoms with Crippen LogP contribution in [0.1, 0.15) is 38.4 Å². The van der Waals surface area contributed by atoms with Gasteiger partial charge in [0.05, 0.1) is 0 Å². The molecule has 0 aliphatic heterocycles.